The number of carbonyl (C=O) groups excluding carboxylic acids is 1. The molecular weight excluding hydrogens is 240 g/mol. The van der Waals surface area contributed by atoms with Gasteiger partial charge in [0.1, 0.15) is 5.69 Å². The van der Waals surface area contributed by atoms with E-state index in [1.165, 1.54) is 25.7 Å². The van der Waals surface area contributed by atoms with Crippen molar-refractivity contribution in [1.29, 1.82) is 0 Å². The smallest absolute Gasteiger partial charge is 0.272 e. The molecule has 0 atom stereocenters. The minimum Gasteiger partial charge on any atom is -0.481 e. The average molecular weight is 260 g/mol. The minimum absolute atomic E-state index is 0.0482. The molecule has 1 aromatic heterocycles. The summed E-state index contributed by atoms with van der Waals surface area (Å²) in [5.41, 5.74) is 0.933. The predicted molar refractivity (Wildman–Crippen MR) is 72.2 cm³/mol. The Morgan fingerprint density at radius 1 is 1.32 bits per heavy atom. The molecule has 2 heterocycles. The number of aromatic nitrogens is 1. The highest BCUT2D eigenvalue weighted by atomic mass is 16.5. The highest BCUT2D eigenvalue weighted by molar-refractivity contribution is 5.92. The molecule has 1 saturated heterocycles. The molecule has 1 aliphatic carbocycles. The first-order chi connectivity index (χ1) is 9.22. The minimum atomic E-state index is 0.0482. The molecule has 19 heavy (non-hydrogen) atoms. The fourth-order valence-corrected chi connectivity index (χ4v) is 2.93. The molecule has 1 amide bonds. The van der Waals surface area contributed by atoms with Gasteiger partial charge in [0.25, 0.3) is 5.91 Å². The number of hydrogen-bond acceptors (Lipinski definition) is 3. The molecule has 4 heteroatoms. The van der Waals surface area contributed by atoms with Crippen molar-refractivity contribution in [3.8, 4) is 5.88 Å². The number of methoxy groups -OCH3 is 1. The lowest BCUT2D eigenvalue weighted by molar-refractivity contribution is 0.0727. The van der Waals surface area contributed by atoms with E-state index in [4.69, 9.17) is 4.74 Å². The molecule has 0 bridgehead atoms. The molecule has 4 nitrogen and oxygen atoms in total. The zero-order valence-electron chi connectivity index (χ0n) is 11.4. The van der Waals surface area contributed by atoms with Crippen molar-refractivity contribution in [3.63, 3.8) is 0 Å². The fraction of sp³-hybridized carbons (Fsp3) is 0.600. The first-order valence-electron chi connectivity index (χ1n) is 7.03. The van der Waals surface area contributed by atoms with Crippen molar-refractivity contribution in [2.45, 2.75) is 32.1 Å². The first kappa shape index (κ1) is 12.5. The SMILES string of the molecule is COc1cccc(C(=O)N2CCCCC3(CC3)C2)n1. The third kappa shape index (κ3) is 2.57. The Kier molecular flexibility index (Phi) is 3.17. The van der Waals surface area contributed by atoms with Gasteiger partial charge < -0.3 is 9.64 Å². The van der Waals surface area contributed by atoms with Crippen molar-refractivity contribution in [3.05, 3.63) is 23.9 Å². The number of likely N-dealkylation sites (tertiary alicyclic amines) is 1. The predicted octanol–water partition coefficient (Wildman–Crippen LogP) is 2.50. The van der Waals surface area contributed by atoms with Gasteiger partial charge in [-0.2, -0.15) is 0 Å². The molecule has 1 spiro atoms. The summed E-state index contributed by atoms with van der Waals surface area (Å²) >= 11 is 0. The van der Waals surface area contributed by atoms with Crippen LogP contribution >= 0.6 is 0 Å². The highest BCUT2D eigenvalue weighted by Gasteiger charge is 2.45. The molecule has 0 unspecified atom stereocenters. The monoisotopic (exact) mass is 260 g/mol. The van der Waals surface area contributed by atoms with Gasteiger partial charge in [0.15, 0.2) is 0 Å². The van der Waals surface area contributed by atoms with Crippen LogP contribution in [0, 0.1) is 5.41 Å². The topological polar surface area (TPSA) is 42.4 Å². The Hall–Kier alpha value is -1.58. The van der Waals surface area contributed by atoms with Crippen LogP contribution < -0.4 is 4.74 Å². The van der Waals surface area contributed by atoms with Crippen LogP contribution in [0.3, 0.4) is 0 Å². The van der Waals surface area contributed by atoms with E-state index < -0.39 is 0 Å². The first-order valence-corrected chi connectivity index (χ1v) is 7.03. The van der Waals surface area contributed by atoms with Crippen LogP contribution in [0.15, 0.2) is 18.2 Å². The third-order valence-corrected chi connectivity index (χ3v) is 4.31. The number of nitrogens with zero attached hydrogens (tertiary/aromatic N) is 2. The molecule has 2 aliphatic rings. The lowest BCUT2D eigenvalue weighted by Gasteiger charge is -2.24. The van der Waals surface area contributed by atoms with Crippen molar-refractivity contribution in [1.82, 2.24) is 9.88 Å². The fourth-order valence-electron chi connectivity index (χ4n) is 2.93. The molecule has 1 aliphatic heterocycles. The molecule has 1 aromatic rings. The van der Waals surface area contributed by atoms with Crippen LogP contribution in [0.25, 0.3) is 0 Å². The Labute approximate surface area is 113 Å². The van der Waals surface area contributed by atoms with Crippen molar-refractivity contribution in [2.75, 3.05) is 20.2 Å². The lowest BCUT2D eigenvalue weighted by atomic mass is 10.0. The van der Waals surface area contributed by atoms with Gasteiger partial charge in [0.2, 0.25) is 5.88 Å². The van der Waals surface area contributed by atoms with Crippen LogP contribution in [0.2, 0.25) is 0 Å². The highest BCUT2D eigenvalue weighted by Crippen LogP contribution is 2.51. The Morgan fingerprint density at radius 3 is 2.89 bits per heavy atom. The van der Waals surface area contributed by atoms with E-state index in [-0.39, 0.29) is 5.91 Å². The molecular formula is C15H20N2O2. The molecule has 0 radical (unpaired) electrons. The van der Waals surface area contributed by atoms with E-state index >= 15 is 0 Å². The summed E-state index contributed by atoms with van der Waals surface area (Å²) in [5.74, 6) is 0.550. The van der Waals surface area contributed by atoms with Gasteiger partial charge >= 0.3 is 0 Å². The van der Waals surface area contributed by atoms with E-state index in [2.05, 4.69) is 4.98 Å². The van der Waals surface area contributed by atoms with Gasteiger partial charge in [-0.3, -0.25) is 4.79 Å². The van der Waals surface area contributed by atoms with E-state index in [0.717, 1.165) is 19.5 Å². The quantitative estimate of drug-likeness (QED) is 0.820. The third-order valence-electron chi connectivity index (χ3n) is 4.31. The lowest BCUT2D eigenvalue weighted by Crippen LogP contribution is -2.35. The van der Waals surface area contributed by atoms with E-state index in [1.807, 2.05) is 11.0 Å². The summed E-state index contributed by atoms with van der Waals surface area (Å²) in [4.78, 5) is 18.8. The standard InChI is InChI=1S/C15H20N2O2/c1-19-13-6-4-5-12(16-13)14(18)17-10-3-2-7-15(11-17)8-9-15/h4-6H,2-3,7-11H2,1H3. The van der Waals surface area contributed by atoms with Gasteiger partial charge in [0, 0.05) is 19.2 Å². The second-order valence-electron chi connectivity index (χ2n) is 5.75. The summed E-state index contributed by atoms with van der Waals surface area (Å²) in [7, 11) is 1.57. The van der Waals surface area contributed by atoms with Crippen LogP contribution in [0.4, 0.5) is 0 Å². The van der Waals surface area contributed by atoms with Crippen molar-refractivity contribution < 1.29 is 9.53 Å². The number of amides is 1. The number of rotatable bonds is 2. The van der Waals surface area contributed by atoms with Gasteiger partial charge in [-0.25, -0.2) is 4.98 Å². The summed E-state index contributed by atoms with van der Waals surface area (Å²) in [5, 5.41) is 0. The zero-order valence-corrected chi connectivity index (χ0v) is 11.4. The van der Waals surface area contributed by atoms with Gasteiger partial charge in [-0.1, -0.05) is 12.5 Å². The molecule has 3 rings (SSSR count). The number of hydrogen-bond donors (Lipinski definition) is 0. The van der Waals surface area contributed by atoms with Crippen LogP contribution in [-0.2, 0) is 0 Å². The number of pyridine rings is 1. The van der Waals surface area contributed by atoms with Crippen molar-refractivity contribution in [2.24, 2.45) is 5.41 Å². The Morgan fingerprint density at radius 2 is 2.16 bits per heavy atom. The maximum absolute atomic E-state index is 12.5. The number of carbonyl (C=O) groups is 1. The zero-order chi connectivity index (χ0) is 13.3. The van der Waals surface area contributed by atoms with Gasteiger partial charge in [-0.05, 0) is 37.2 Å². The number of ether oxygens (including phenoxy) is 1. The molecule has 2 fully saturated rings. The second-order valence-corrected chi connectivity index (χ2v) is 5.75. The summed E-state index contributed by atoms with van der Waals surface area (Å²) in [6.45, 7) is 1.77. The molecule has 0 N–H and O–H groups in total. The van der Waals surface area contributed by atoms with Crippen LogP contribution in [-0.4, -0.2) is 36.0 Å². The van der Waals surface area contributed by atoms with Gasteiger partial charge in [0.05, 0.1) is 7.11 Å². The Balaban J connectivity index is 1.78. The van der Waals surface area contributed by atoms with E-state index in [0.29, 0.717) is 17.0 Å². The Bertz CT molecular complexity index is 483. The normalized spacial score (nSPS) is 21.0. The molecule has 1 saturated carbocycles. The van der Waals surface area contributed by atoms with Crippen LogP contribution in [0.1, 0.15) is 42.6 Å². The van der Waals surface area contributed by atoms with E-state index in [9.17, 15) is 4.79 Å². The summed E-state index contributed by atoms with van der Waals surface area (Å²) in [6.07, 6.45) is 6.19. The molecule has 102 valence electrons. The van der Waals surface area contributed by atoms with Crippen molar-refractivity contribution >= 4 is 5.91 Å². The molecule has 0 aromatic carbocycles. The van der Waals surface area contributed by atoms with Crippen LogP contribution in [0.5, 0.6) is 5.88 Å². The maximum atomic E-state index is 12.5. The second kappa shape index (κ2) is 4.83. The largest absolute Gasteiger partial charge is 0.481 e. The summed E-state index contributed by atoms with van der Waals surface area (Å²) < 4.78 is 5.09. The maximum Gasteiger partial charge on any atom is 0.272 e. The summed E-state index contributed by atoms with van der Waals surface area (Å²) in [6, 6.07) is 5.36. The van der Waals surface area contributed by atoms with E-state index in [1.54, 1.807) is 19.2 Å². The average Bonchev–Trinajstić information content (AvgIpc) is 3.25. The van der Waals surface area contributed by atoms with Gasteiger partial charge in [-0.15, -0.1) is 0 Å².